The van der Waals surface area contributed by atoms with E-state index in [4.69, 9.17) is 17.5 Å². The molecule has 1 aliphatic heterocycles. The minimum absolute atomic E-state index is 0.0619. The minimum Gasteiger partial charge on any atom is -0.359 e. The number of alkyl halides is 3. The molecule has 2 aromatic rings. The maximum absolute atomic E-state index is 15.1. The number of rotatable bonds is 6. The number of carbonyl (C=O) groups excluding carboxylic acids is 2. The Hall–Kier alpha value is -3.52. The van der Waals surface area contributed by atoms with Crippen molar-refractivity contribution in [3.8, 4) is 6.07 Å². The highest BCUT2D eigenvalue weighted by Gasteiger charge is 2.51. The van der Waals surface area contributed by atoms with Crippen molar-refractivity contribution in [2.24, 2.45) is 0 Å². The second-order valence-corrected chi connectivity index (χ2v) is 8.81. The zero-order valence-corrected chi connectivity index (χ0v) is 20.0. The second-order valence-electron chi connectivity index (χ2n) is 8.44. The molecule has 2 amide bonds. The number of carbonyl (C=O) groups is 2. The lowest BCUT2D eigenvalue weighted by atomic mass is 10.0. The van der Waals surface area contributed by atoms with Gasteiger partial charge in [-0.05, 0) is 68.7 Å². The van der Waals surface area contributed by atoms with Crippen LogP contribution in [-0.2, 0) is 22.2 Å². The fourth-order valence-corrected chi connectivity index (χ4v) is 4.45. The third-order valence-corrected chi connectivity index (χ3v) is 6.14. The number of aryl methyl sites for hydroxylation is 1. The van der Waals surface area contributed by atoms with Crippen LogP contribution in [0.2, 0.25) is 0 Å². The average molecular weight is 507 g/mol. The predicted molar refractivity (Wildman–Crippen MR) is 126 cm³/mol. The van der Waals surface area contributed by atoms with Gasteiger partial charge in [0, 0.05) is 19.2 Å². The van der Waals surface area contributed by atoms with E-state index in [9.17, 15) is 22.8 Å². The van der Waals surface area contributed by atoms with Gasteiger partial charge in [0.2, 0.25) is 5.91 Å². The topological polar surface area (TPSA) is 76.4 Å². The Kier molecular flexibility index (Phi) is 7.17. The molecule has 0 unspecified atom stereocenters. The summed E-state index contributed by atoms with van der Waals surface area (Å²) in [5, 5.41) is 11.4. The fraction of sp³-hybridized carbons (Fsp3) is 0.333. The van der Waals surface area contributed by atoms with E-state index < -0.39 is 40.3 Å². The van der Waals surface area contributed by atoms with Crippen LogP contribution in [0.1, 0.15) is 43.4 Å². The molecular formula is C24H22F4N4O2S. The van der Waals surface area contributed by atoms with E-state index in [1.165, 1.54) is 24.8 Å². The van der Waals surface area contributed by atoms with E-state index in [1.807, 2.05) is 0 Å². The van der Waals surface area contributed by atoms with Crippen molar-refractivity contribution in [2.45, 2.75) is 44.8 Å². The Bertz CT molecular complexity index is 1220. The molecule has 1 N–H and O–H groups in total. The quantitative estimate of drug-likeness (QED) is 0.454. The predicted octanol–water partition coefficient (Wildman–Crippen LogP) is 4.70. The average Bonchev–Trinajstić information content (AvgIpc) is 2.97. The molecule has 0 atom stereocenters. The van der Waals surface area contributed by atoms with Gasteiger partial charge in [-0.15, -0.1) is 0 Å². The van der Waals surface area contributed by atoms with Gasteiger partial charge in [-0.1, -0.05) is 12.1 Å². The van der Waals surface area contributed by atoms with Gasteiger partial charge in [0.05, 0.1) is 17.3 Å². The third kappa shape index (κ3) is 4.84. The monoisotopic (exact) mass is 506 g/mol. The Labute approximate surface area is 205 Å². The first-order chi connectivity index (χ1) is 16.3. The molecular weight excluding hydrogens is 484 g/mol. The molecule has 1 heterocycles. The highest BCUT2D eigenvalue weighted by molar-refractivity contribution is 7.81. The zero-order chi connectivity index (χ0) is 26.1. The first-order valence-electron chi connectivity index (χ1n) is 10.6. The third-order valence-electron chi connectivity index (χ3n) is 5.78. The Balaban J connectivity index is 1.95. The van der Waals surface area contributed by atoms with Gasteiger partial charge in [-0.2, -0.15) is 18.4 Å². The van der Waals surface area contributed by atoms with Gasteiger partial charge in [-0.25, -0.2) is 4.39 Å². The number of anilines is 2. The minimum atomic E-state index is -5.14. The largest absolute Gasteiger partial charge is 0.420 e. The summed E-state index contributed by atoms with van der Waals surface area (Å²) in [5.41, 5.74) is -3.19. The summed E-state index contributed by atoms with van der Waals surface area (Å²) in [6.07, 6.45) is -3.49. The van der Waals surface area contributed by atoms with E-state index in [0.717, 1.165) is 22.6 Å². The standard InChI is InChI=1S/C24H22F4N4O2S/c1-23(2)21(34)31(17-12-9-15(13-29)19(20(17)25)24(26,27)28)22(35)32(23)16-10-7-14(8-11-16)5-4-6-18(33)30-3/h7-12H,4-6H2,1-3H3,(H,30,33). The Morgan fingerprint density at radius 3 is 2.34 bits per heavy atom. The van der Waals surface area contributed by atoms with Crippen molar-refractivity contribution in [3.05, 3.63) is 58.9 Å². The molecule has 1 saturated heterocycles. The fourth-order valence-electron chi connectivity index (χ4n) is 3.94. The van der Waals surface area contributed by atoms with Gasteiger partial charge in [0.15, 0.2) is 10.9 Å². The van der Waals surface area contributed by atoms with Gasteiger partial charge < -0.3 is 10.2 Å². The lowest BCUT2D eigenvalue weighted by Crippen LogP contribution is -2.44. The van der Waals surface area contributed by atoms with Crippen molar-refractivity contribution in [2.75, 3.05) is 16.8 Å². The number of nitrogens with zero attached hydrogens (tertiary/aromatic N) is 3. The number of thiocarbonyl (C=S) groups is 1. The molecule has 0 radical (unpaired) electrons. The molecule has 1 fully saturated rings. The number of hydrogen-bond acceptors (Lipinski definition) is 4. The van der Waals surface area contributed by atoms with E-state index in [0.29, 0.717) is 24.9 Å². The maximum Gasteiger partial charge on any atom is 0.420 e. The Morgan fingerprint density at radius 2 is 1.80 bits per heavy atom. The molecule has 6 nitrogen and oxygen atoms in total. The van der Waals surface area contributed by atoms with Crippen molar-refractivity contribution >= 4 is 40.5 Å². The number of hydrogen-bond donors (Lipinski definition) is 1. The van der Waals surface area contributed by atoms with Crippen LogP contribution in [0, 0.1) is 17.1 Å². The number of halogens is 4. The van der Waals surface area contributed by atoms with E-state index in [2.05, 4.69) is 5.32 Å². The van der Waals surface area contributed by atoms with Crippen molar-refractivity contribution in [1.29, 1.82) is 5.26 Å². The second kappa shape index (κ2) is 9.62. The van der Waals surface area contributed by atoms with Gasteiger partial charge >= 0.3 is 6.18 Å². The van der Waals surface area contributed by atoms with Gasteiger partial charge in [0.1, 0.15) is 11.1 Å². The Morgan fingerprint density at radius 1 is 1.17 bits per heavy atom. The lowest BCUT2D eigenvalue weighted by Gasteiger charge is -2.29. The van der Waals surface area contributed by atoms with Crippen LogP contribution in [-0.4, -0.2) is 29.5 Å². The molecule has 0 bridgehead atoms. The molecule has 184 valence electrons. The number of benzene rings is 2. The van der Waals surface area contributed by atoms with Crippen molar-refractivity contribution in [1.82, 2.24) is 5.32 Å². The van der Waals surface area contributed by atoms with Crippen LogP contribution in [0.15, 0.2) is 36.4 Å². The first kappa shape index (κ1) is 26.1. The molecule has 2 aromatic carbocycles. The van der Waals surface area contributed by atoms with E-state index >= 15 is 4.39 Å². The highest BCUT2D eigenvalue weighted by atomic mass is 32.1. The van der Waals surface area contributed by atoms with Crippen LogP contribution >= 0.6 is 12.2 Å². The van der Waals surface area contributed by atoms with Crippen LogP contribution in [0.25, 0.3) is 0 Å². The molecule has 0 saturated carbocycles. The maximum atomic E-state index is 15.1. The summed E-state index contributed by atoms with van der Waals surface area (Å²) in [5.74, 6) is -2.52. The summed E-state index contributed by atoms with van der Waals surface area (Å²) in [7, 11) is 1.57. The zero-order valence-electron chi connectivity index (χ0n) is 19.2. The molecule has 0 aromatic heterocycles. The normalized spacial score (nSPS) is 15.4. The van der Waals surface area contributed by atoms with Gasteiger partial charge in [0.25, 0.3) is 5.91 Å². The highest BCUT2D eigenvalue weighted by Crippen LogP contribution is 2.41. The van der Waals surface area contributed by atoms with E-state index in [-0.39, 0.29) is 11.0 Å². The molecule has 1 aliphatic rings. The summed E-state index contributed by atoms with van der Waals surface area (Å²) >= 11 is 5.43. The number of amides is 2. The summed E-state index contributed by atoms with van der Waals surface area (Å²) in [4.78, 5) is 26.8. The molecule has 3 rings (SSSR count). The van der Waals surface area contributed by atoms with E-state index in [1.54, 1.807) is 31.3 Å². The summed E-state index contributed by atoms with van der Waals surface area (Å²) in [6, 6.07) is 10.1. The molecule has 11 heteroatoms. The van der Waals surface area contributed by atoms with Crippen molar-refractivity contribution < 1.29 is 27.2 Å². The molecule has 35 heavy (non-hydrogen) atoms. The van der Waals surface area contributed by atoms with Crippen molar-refractivity contribution in [3.63, 3.8) is 0 Å². The molecule has 0 spiro atoms. The summed E-state index contributed by atoms with van der Waals surface area (Å²) < 4.78 is 55.5. The SMILES string of the molecule is CNC(=O)CCCc1ccc(N2C(=S)N(c3ccc(C#N)c(C(F)(F)F)c3F)C(=O)C2(C)C)cc1. The number of nitriles is 1. The van der Waals surface area contributed by atoms with Gasteiger partial charge in [-0.3, -0.25) is 14.5 Å². The lowest BCUT2D eigenvalue weighted by molar-refractivity contribution is -0.140. The summed E-state index contributed by atoms with van der Waals surface area (Å²) in [6.45, 7) is 3.07. The van der Waals surface area contributed by atoms with Crippen LogP contribution in [0.5, 0.6) is 0 Å². The van der Waals surface area contributed by atoms with Crippen LogP contribution < -0.4 is 15.1 Å². The first-order valence-corrected chi connectivity index (χ1v) is 11.0. The van der Waals surface area contributed by atoms with Crippen LogP contribution in [0.4, 0.5) is 28.9 Å². The smallest absolute Gasteiger partial charge is 0.359 e. The van der Waals surface area contributed by atoms with Crippen LogP contribution in [0.3, 0.4) is 0 Å². The molecule has 0 aliphatic carbocycles. The number of nitrogens with one attached hydrogen (secondary N) is 1.